The number of piperidine rings is 3. The van der Waals surface area contributed by atoms with E-state index in [1.807, 2.05) is 18.2 Å². The Kier molecular flexibility index (Phi) is 4.63. The largest absolute Gasteiger partial charge is 0.359 e. The Morgan fingerprint density at radius 3 is 2.83 bits per heavy atom. The van der Waals surface area contributed by atoms with E-state index in [1.165, 1.54) is 0 Å². The fourth-order valence-corrected chi connectivity index (χ4v) is 4.52. The lowest BCUT2D eigenvalue weighted by Gasteiger charge is -2.44. The topological polar surface area (TPSA) is 90.5 Å². The van der Waals surface area contributed by atoms with Crippen LogP contribution >= 0.6 is 0 Å². The molecule has 1 unspecified atom stereocenters. The average Bonchev–Trinajstić information content (AvgIpc) is 2.77. The molecule has 0 aromatic carbocycles. The molecular formula is C21H24N6O2. The zero-order valence-electron chi connectivity index (χ0n) is 16.2. The lowest BCUT2D eigenvalue weighted by molar-refractivity contribution is -0.117. The van der Waals surface area contributed by atoms with Crippen molar-refractivity contribution in [2.45, 2.75) is 25.4 Å². The van der Waals surface area contributed by atoms with Crippen molar-refractivity contribution in [2.75, 3.05) is 36.4 Å². The van der Waals surface area contributed by atoms with Gasteiger partial charge in [0.2, 0.25) is 5.91 Å². The second kappa shape index (κ2) is 7.44. The van der Waals surface area contributed by atoms with Gasteiger partial charge in [0.25, 0.3) is 5.91 Å². The van der Waals surface area contributed by atoms with E-state index < -0.39 is 0 Å². The molecule has 0 radical (unpaired) electrons. The molecule has 0 spiro atoms. The van der Waals surface area contributed by atoms with Crippen LogP contribution in [0.15, 0.2) is 36.7 Å². The maximum absolute atomic E-state index is 12.9. The summed E-state index contributed by atoms with van der Waals surface area (Å²) in [6, 6.07) is 7.56. The Morgan fingerprint density at radius 2 is 2.10 bits per heavy atom. The summed E-state index contributed by atoms with van der Waals surface area (Å²) in [7, 11) is 0. The first-order chi connectivity index (χ1) is 14.2. The van der Waals surface area contributed by atoms with Crippen LogP contribution in [0.1, 0.15) is 28.9 Å². The van der Waals surface area contributed by atoms with Crippen LogP contribution in [0.4, 0.5) is 11.5 Å². The molecule has 2 aromatic heterocycles. The van der Waals surface area contributed by atoms with Crippen LogP contribution in [0, 0.1) is 5.92 Å². The molecule has 6 rings (SSSR count). The number of fused-ring (bicyclic) bond motifs is 4. The fraction of sp³-hybridized carbons (Fsp3) is 0.429. The highest BCUT2D eigenvalue weighted by molar-refractivity contribution is 6.04. The van der Waals surface area contributed by atoms with Crippen molar-refractivity contribution in [2.24, 2.45) is 5.92 Å². The lowest BCUT2D eigenvalue weighted by atomic mass is 9.84. The van der Waals surface area contributed by atoms with Crippen molar-refractivity contribution in [3.8, 4) is 0 Å². The molecule has 150 valence electrons. The zero-order valence-corrected chi connectivity index (χ0v) is 16.2. The molecule has 2 aromatic rings. The predicted octanol–water partition coefficient (Wildman–Crippen LogP) is 1.26. The fourth-order valence-electron chi connectivity index (χ4n) is 4.52. The monoisotopic (exact) mass is 392 g/mol. The van der Waals surface area contributed by atoms with Gasteiger partial charge in [0.05, 0.1) is 30.0 Å². The minimum Gasteiger partial charge on any atom is -0.359 e. The predicted molar refractivity (Wildman–Crippen MR) is 109 cm³/mol. The van der Waals surface area contributed by atoms with E-state index in [0.29, 0.717) is 29.5 Å². The summed E-state index contributed by atoms with van der Waals surface area (Å²) >= 11 is 0. The molecule has 2 N–H and O–H groups in total. The minimum absolute atomic E-state index is 0.0695. The molecule has 4 aliphatic heterocycles. The van der Waals surface area contributed by atoms with Gasteiger partial charge in [-0.15, -0.1) is 0 Å². The van der Waals surface area contributed by atoms with Gasteiger partial charge in [0.1, 0.15) is 0 Å². The van der Waals surface area contributed by atoms with Crippen LogP contribution in [-0.2, 0) is 11.3 Å². The van der Waals surface area contributed by atoms with E-state index in [2.05, 4.69) is 25.5 Å². The molecular weight excluding hydrogens is 368 g/mol. The van der Waals surface area contributed by atoms with Crippen molar-refractivity contribution in [3.63, 3.8) is 0 Å². The highest BCUT2D eigenvalue weighted by Crippen LogP contribution is 2.31. The Hall–Kier alpha value is -3.00. The van der Waals surface area contributed by atoms with Crippen molar-refractivity contribution in [1.82, 2.24) is 20.2 Å². The standard InChI is InChI=1S/C21H24N6O2/c28-19-11-24-20-18(27(19)12-16-3-1-2-6-22-16)9-15(10-23-20)21(29)25-17-13-26-7-4-14(17)5-8-26/h1-3,6,9-10,14,17H,4-5,7-8,11-13H2,(H,23,24)(H,25,29). The van der Waals surface area contributed by atoms with Gasteiger partial charge in [0.15, 0.2) is 5.82 Å². The van der Waals surface area contributed by atoms with Crippen LogP contribution in [0.25, 0.3) is 0 Å². The maximum Gasteiger partial charge on any atom is 0.253 e. The number of rotatable bonds is 4. The van der Waals surface area contributed by atoms with E-state index in [4.69, 9.17) is 0 Å². The van der Waals surface area contributed by atoms with Crippen LogP contribution in [0.5, 0.6) is 0 Å². The SMILES string of the molecule is O=C(NC1CN2CCC1CC2)c1cnc2c(c1)N(Cc1ccccn1)C(=O)CN2. The number of carbonyl (C=O) groups is 2. The smallest absolute Gasteiger partial charge is 0.253 e. The first kappa shape index (κ1) is 18.1. The highest BCUT2D eigenvalue weighted by atomic mass is 16.2. The van der Waals surface area contributed by atoms with Gasteiger partial charge in [-0.25, -0.2) is 4.98 Å². The van der Waals surface area contributed by atoms with Crippen LogP contribution in [-0.4, -0.2) is 58.9 Å². The van der Waals surface area contributed by atoms with Gasteiger partial charge in [-0.05, 0) is 50.0 Å². The maximum atomic E-state index is 12.9. The number of hydrogen-bond donors (Lipinski definition) is 2. The summed E-state index contributed by atoms with van der Waals surface area (Å²) in [5, 5.41) is 6.23. The van der Waals surface area contributed by atoms with Crippen molar-refractivity contribution < 1.29 is 9.59 Å². The third kappa shape index (κ3) is 3.55. The van der Waals surface area contributed by atoms with Crippen LogP contribution in [0.2, 0.25) is 0 Å². The molecule has 2 amide bonds. The molecule has 6 heterocycles. The first-order valence-corrected chi connectivity index (χ1v) is 10.1. The van der Waals surface area contributed by atoms with E-state index >= 15 is 0 Å². The second-order valence-electron chi connectivity index (χ2n) is 7.96. The number of aromatic nitrogens is 2. The molecule has 2 bridgehead atoms. The molecule has 29 heavy (non-hydrogen) atoms. The van der Waals surface area contributed by atoms with Gasteiger partial charge >= 0.3 is 0 Å². The van der Waals surface area contributed by atoms with Gasteiger partial charge < -0.3 is 20.4 Å². The Bertz CT molecular complexity index is 926. The van der Waals surface area contributed by atoms with E-state index in [0.717, 1.165) is 38.2 Å². The third-order valence-electron chi connectivity index (χ3n) is 6.15. The van der Waals surface area contributed by atoms with Gasteiger partial charge in [-0.1, -0.05) is 6.07 Å². The molecule has 1 atom stereocenters. The molecule has 4 aliphatic rings. The van der Waals surface area contributed by atoms with E-state index in [1.54, 1.807) is 23.4 Å². The summed E-state index contributed by atoms with van der Waals surface area (Å²) in [6.45, 7) is 3.71. The number of amides is 2. The lowest BCUT2D eigenvalue weighted by Crippen LogP contribution is -2.57. The van der Waals surface area contributed by atoms with Crippen molar-refractivity contribution in [1.29, 1.82) is 0 Å². The molecule has 0 saturated carbocycles. The molecule has 8 nitrogen and oxygen atoms in total. The summed E-state index contributed by atoms with van der Waals surface area (Å²) < 4.78 is 0. The number of nitrogens with zero attached hydrogens (tertiary/aromatic N) is 4. The summed E-state index contributed by atoms with van der Waals surface area (Å²) in [5.74, 6) is 0.966. The quantitative estimate of drug-likeness (QED) is 0.814. The number of nitrogens with one attached hydrogen (secondary N) is 2. The Morgan fingerprint density at radius 1 is 1.24 bits per heavy atom. The normalized spacial score (nSPS) is 25.3. The second-order valence-corrected chi connectivity index (χ2v) is 7.96. The van der Waals surface area contributed by atoms with E-state index in [9.17, 15) is 9.59 Å². The van der Waals surface area contributed by atoms with Crippen LogP contribution < -0.4 is 15.5 Å². The zero-order chi connectivity index (χ0) is 19.8. The summed E-state index contributed by atoms with van der Waals surface area (Å²) in [6.07, 6.45) is 5.57. The van der Waals surface area contributed by atoms with Gasteiger partial charge in [-0.2, -0.15) is 0 Å². The third-order valence-corrected chi connectivity index (χ3v) is 6.15. The van der Waals surface area contributed by atoms with Crippen molar-refractivity contribution in [3.05, 3.63) is 47.9 Å². The molecule has 3 saturated heterocycles. The van der Waals surface area contributed by atoms with E-state index in [-0.39, 0.29) is 24.4 Å². The average molecular weight is 392 g/mol. The highest BCUT2D eigenvalue weighted by Gasteiger charge is 2.35. The minimum atomic E-state index is -0.130. The number of hydrogen-bond acceptors (Lipinski definition) is 6. The first-order valence-electron chi connectivity index (χ1n) is 10.1. The molecule has 8 heteroatoms. The van der Waals surface area contributed by atoms with Gasteiger partial charge in [-0.3, -0.25) is 14.6 Å². The van der Waals surface area contributed by atoms with Crippen LogP contribution in [0.3, 0.4) is 0 Å². The molecule has 0 aliphatic carbocycles. The summed E-state index contributed by atoms with van der Waals surface area (Å²) in [4.78, 5) is 38.2. The number of carbonyl (C=O) groups excluding carboxylic acids is 2. The Labute approximate surface area is 169 Å². The summed E-state index contributed by atoms with van der Waals surface area (Å²) in [5.41, 5.74) is 1.88. The molecule has 3 fully saturated rings. The number of anilines is 2. The van der Waals surface area contributed by atoms with Gasteiger partial charge in [0, 0.05) is 25.0 Å². The van der Waals surface area contributed by atoms with Crippen molar-refractivity contribution >= 4 is 23.3 Å². The number of pyridine rings is 2. The Balaban J connectivity index is 1.37.